The first-order valence-corrected chi connectivity index (χ1v) is 3.66. The average Bonchev–Trinajstić information content (AvgIpc) is 2.53. The Hall–Kier alpha value is -0.450. The molecule has 2 rings (SSSR count). The molecule has 0 aromatic carbocycles. The lowest BCUT2D eigenvalue weighted by Gasteiger charge is -2.07. The van der Waals surface area contributed by atoms with Crippen LogP contribution in [0.1, 0.15) is 6.42 Å². The maximum Gasteiger partial charge on any atom is 0.220 e. The standard InChI is InChI=1S/C7H10O4/c1-9-7-5(8)4-2-3-10-6(4)11-7/h4,6-7H,2-3H2,1H3. The molecule has 4 heteroatoms. The van der Waals surface area contributed by atoms with Crippen molar-refractivity contribution in [3.05, 3.63) is 0 Å². The van der Waals surface area contributed by atoms with E-state index < -0.39 is 6.29 Å². The van der Waals surface area contributed by atoms with Gasteiger partial charge < -0.3 is 14.2 Å². The summed E-state index contributed by atoms with van der Waals surface area (Å²) < 4.78 is 15.1. The highest BCUT2D eigenvalue weighted by Gasteiger charge is 2.47. The molecule has 2 aliphatic rings. The predicted octanol–water partition coefficient (Wildman–Crippen LogP) is -0.0792. The van der Waals surface area contributed by atoms with Crippen molar-refractivity contribution in [1.82, 2.24) is 0 Å². The normalized spacial score (nSPS) is 43.0. The molecule has 0 saturated carbocycles. The van der Waals surface area contributed by atoms with Crippen LogP contribution >= 0.6 is 0 Å². The largest absolute Gasteiger partial charge is 0.352 e. The van der Waals surface area contributed by atoms with Crippen molar-refractivity contribution < 1.29 is 19.0 Å². The molecule has 4 nitrogen and oxygen atoms in total. The number of ketones is 1. The first-order chi connectivity index (χ1) is 5.33. The summed E-state index contributed by atoms with van der Waals surface area (Å²) in [7, 11) is 1.46. The van der Waals surface area contributed by atoms with E-state index in [-0.39, 0.29) is 18.0 Å². The molecule has 2 saturated heterocycles. The Morgan fingerprint density at radius 2 is 2.45 bits per heavy atom. The van der Waals surface area contributed by atoms with Crippen molar-refractivity contribution in [2.24, 2.45) is 5.92 Å². The predicted molar refractivity (Wildman–Crippen MR) is 34.7 cm³/mol. The minimum absolute atomic E-state index is 0.0231. The lowest BCUT2D eigenvalue weighted by molar-refractivity contribution is -0.189. The summed E-state index contributed by atoms with van der Waals surface area (Å²) in [4.78, 5) is 11.3. The number of rotatable bonds is 1. The fourth-order valence-electron chi connectivity index (χ4n) is 1.51. The molecule has 0 spiro atoms. The number of carbonyl (C=O) groups excluding carboxylic acids is 1. The molecule has 0 aromatic rings. The molecule has 2 fully saturated rings. The number of ether oxygens (including phenoxy) is 3. The molecule has 3 unspecified atom stereocenters. The van der Waals surface area contributed by atoms with Gasteiger partial charge in [0.15, 0.2) is 12.1 Å². The topological polar surface area (TPSA) is 44.8 Å². The van der Waals surface area contributed by atoms with Gasteiger partial charge in [-0.1, -0.05) is 0 Å². The van der Waals surface area contributed by atoms with Crippen LogP contribution in [0.5, 0.6) is 0 Å². The van der Waals surface area contributed by atoms with Gasteiger partial charge in [-0.2, -0.15) is 0 Å². The third kappa shape index (κ3) is 0.982. The van der Waals surface area contributed by atoms with E-state index in [0.717, 1.165) is 6.42 Å². The first kappa shape index (κ1) is 7.21. The summed E-state index contributed by atoms with van der Waals surface area (Å²) in [5.74, 6) is -0.0602. The highest BCUT2D eigenvalue weighted by Crippen LogP contribution is 2.31. The molecular weight excluding hydrogens is 148 g/mol. The van der Waals surface area contributed by atoms with E-state index >= 15 is 0 Å². The SMILES string of the molecule is COC1OC2OCCC2C1=O. The molecule has 3 atom stereocenters. The second-order valence-electron chi connectivity index (χ2n) is 2.74. The fourth-order valence-corrected chi connectivity index (χ4v) is 1.51. The molecule has 0 amide bonds. The smallest absolute Gasteiger partial charge is 0.220 e. The lowest BCUT2D eigenvalue weighted by Crippen LogP contribution is -2.21. The monoisotopic (exact) mass is 158 g/mol. The van der Waals surface area contributed by atoms with Gasteiger partial charge in [0, 0.05) is 7.11 Å². The van der Waals surface area contributed by atoms with E-state index in [9.17, 15) is 4.79 Å². The second kappa shape index (κ2) is 2.55. The van der Waals surface area contributed by atoms with Gasteiger partial charge in [0.25, 0.3) is 0 Å². The van der Waals surface area contributed by atoms with Gasteiger partial charge >= 0.3 is 0 Å². The Kier molecular flexibility index (Phi) is 1.67. The minimum Gasteiger partial charge on any atom is -0.352 e. The third-order valence-electron chi connectivity index (χ3n) is 2.11. The Morgan fingerprint density at radius 3 is 3.09 bits per heavy atom. The highest BCUT2D eigenvalue weighted by molar-refractivity contribution is 5.86. The van der Waals surface area contributed by atoms with E-state index in [2.05, 4.69) is 0 Å². The fraction of sp³-hybridized carbons (Fsp3) is 0.857. The van der Waals surface area contributed by atoms with Crippen molar-refractivity contribution in [1.29, 1.82) is 0 Å². The Labute approximate surface area is 64.4 Å². The highest BCUT2D eigenvalue weighted by atomic mass is 16.8. The summed E-state index contributed by atoms with van der Waals surface area (Å²) in [5, 5.41) is 0. The van der Waals surface area contributed by atoms with Crippen LogP contribution in [-0.4, -0.2) is 32.1 Å². The van der Waals surface area contributed by atoms with E-state index in [1.165, 1.54) is 7.11 Å². The van der Waals surface area contributed by atoms with E-state index in [0.29, 0.717) is 6.61 Å². The zero-order chi connectivity index (χ0) is 7.84. The van der Waals surface area contributed by atoms with Gasteiger partial charge in [-0.25, -0.2) is 0 Å². The minimum atomic E-state index is -0.690. The maximum absolute atomic E-state index is 11.3. The van der Waals surface area contributed by atoms with Gasteiger partial charge in [-0.3, -0.25) is 4.79 Å². The average molecular weight is 158 g/mol. The van der Waals surface area contributed by atoms with Gasteiger partial charge in [0.1, 0.15) is 0 Å². The molecule has 0 aliphatic carbocycles. The van der Waals surface area contributed by atoms with Crippen LogP contribution in [0, 0.1) is 5.92 Å². The molecule has 2 heterocycles. The number of Topliss-reactive ketones (excluding diaryl/α,β-unsaturated/α-hetero) is 1. The Bertz CT molecular complexity index is 179. The first-order valence-electron chi connectivity index (χ1n) is 3.66. The van der Waals surface area contributed by atoms with Crippen LogP contribution in [0.15, 0.2) is 0 Å². The zero-order valence-corrected chi connectivity index (χ0v) is 6.28. The summed E-state index contributed by atoms with van der Waals surface area (Å²) in [5.41, 5.74) is 0. The van der Waals surface area contributed by atoms with E-state index in [1.54, 1.807) is 0 Å². The van der Waals surface area contributed by atoms with Crippen LogP contribution in [0.25, 0.3) is 0 Å². The second-order valence-corrected chi connectivity index (χ2v) is 2.74. The molecule has 0 aromatic heterocycles. The van der Waals surface area contributed by atoms with E-state index in [1.807, 2.05) is 0 Å². The van der Waals surface area contributed by atoms with Crippen LogP contribution < -0.4 is 0 Å². The zero-order valence-electron chi connectivity index (χ0n) is 6.28. The molecular formula is C7H10O4. The molecule has 11 heavy (non-hydrogen) atoms. The third-order valence-corrected chi connectivity index (χ3v) is 2.11. The van der Waals surface area contributed by atoms with Crippen molar-refractivity contribution in [2.45, 2.75) is 19.0 Å². The van der Waals surface area contributed by atoms with Gasteiger partial charge in [-0.15, -0.1) is 0 Å². The molecule has 0 N–H and O–H groups in total. The van der Waals surface area contributed by atoms with Gasteiger partial charge in [0.05, 0.1) is 12.5 Å². The number of hydrogen-bond donors (Lipinski definition) is 0. The number of fused-ring (bicyclic) bond motifs is 1. The Morgan fingerprint density at radius 1 is 1.64 bits per heavy atom. The lowest BCUT2D eigenvalue weighted by atomic mass is 10.0. The van der Waals surface area contributed by atoms with Gasteiger partial charge in [-0.05, 0) is 6.42 Å². The van der Waals surface area contributed by atoms with Crippen molar-refractivity contribution in [2.75, 3.05) is 13.7 Å². The quantitative estimate of drug-likeness (QED) is 0.535. The van der Waals surface area contributed by atoms with Crippen molar-refractivity contribution in [3.8, 4) is 0 Å². The van der Waals surface area contributed by atoms with Crippen LogP contribution in [0.2, 0.25) is 0 Å². The number of hydrogen-bond acceptors (Lipinski definition) is 4. The number of carbonyl (C=O) groups is 1. The molecule has 62 valence electrons. The van der Waals surface area contributed by atoms with Crippen molar-refractivity contribution >= 4 is 5.78 Å². The Balaban J connectivity index is 2.10. The van der Waals surface area contributed by atoms with Crippen LogP contribution in [0.3, 0.4) is 0 Å². The van der Waals surface area contributed by atoms with Crippen LogP contribution in [-0.2, 0) is 19.0 Å². The summed E-state index contributed by atoms with van der Waals surface area (Å²) in [6.45, 7) is 0.623. The van der Waals surface area contributed by atoms with Crippen LogP contribution in [0.4, 0.5) is 0 Å². The molecule has 0 bridgehead atoms. The number of methoxy groups -OCH3 is 1. The molecule has 2 aliphatic heterocycles. The maximum atomic E-state index is 11.3. The van der Waals surface area contributed by atoms with E-state index in [4.69, 9.17) is 14.2 Å². The summed E-state index contributed by atoms with van der Waals surface area (Å²) in [6, 6.07) is 0. The molecule has 0 radical (unpaired) electrons. The summed E-state index contributed by atoms with van der Waals surface area (Å²) >= 11 is 0. The van der Waals surface area contributed by atoms with Gasteiger partial charge in [0.2, 0.25) is 6.29 Å². The van der Waals surface area contributed by atoms with Crippen molar-refractivity contribution in [3.63, 3.8) is 0 Å². The summed E-state index contributed by atoms with van der Waals surface area (Å²) in [6.07, 6.45) is -0.263.